The van der Waals surface area contributed by atoms with Crippen LogP contribution in [0.1, 0.15) is 32.8 Å². The summed E-state index contributed by atoms with van der Waals surface area (Å²) in [5, 5.41) is 3.66. The number of amides is 1. The lowest BCUT2D eigenvalue weighted by molar-refractivity contribution is -0.122. The number of nitrogens with one attached hydrogen (secondary N) is 1. The zero-order chi connectivity index (χ0) is 12.9. The lowest BCUT2D eigenvalue weighted by atomic mass is 9.92. The van der Waals surface area contributed by atoms with Crippen molar-refractivity contribution in [2.75, 3.05) is 6.54 Å². The Morgan fingerprint density at radius 2 is 2.06 bits per heavy atom. The molecular weight excluding hydrogens is 234 g/mol. The molecule has 0 aromatic heterocycles. The molecule has 0 atom stereocenters. The SMILES string of the molecule is CC(C)(C)CC(=O)NCCc1cccc(Cl)c1. The van der Waals surface area contributed by atoms with Crippen LogP contribution in [0.15, 0.2) is 24.3 Å². The van der Waals surface area contributed by atoms with Crippen LogP contribution in [-0.4, -0.2) is 12.5 Å². The van der Waals surface area contributed by atoms with Gasteiger partial charge < -0.3 is 5.32 Å². The van der Waals surface area contributed by atoms with E-state index in [1.165, 1.54) is 0 Å². The summed E-state index contributed by atoms with van der Waals surface area (Å²) in [5.74, 6) is 0.111. The van der Waals surface area contributed by atoms with Crippen molar-refractivity contribution in [3.63, 3.8) is 0 Å². The second-order valence-corrected chi connectivity index (χ2v) is 5.90. The molecular formula is C14H20ClNO. The maximum atomic E-state index is 11.6. The van der Waals surface area contributed by atoms with Crippen LogP contribution in [0.5, 0.6) is 0 Å². The average Bonchev–Trinajstić information content (AvgIpc) is 2.14. The van der Waals surface area contributed by atoms with Crippen molar-refractivity contribution in [3.8, 4) is 0 Å². The number of benzene rings is 1. The molecule has 0 spiro atoms. The Labute approximate surface area is 108 Å². The molecule has 0 saturated heterocycles. The summed E-state index contributed by atoms with van der Waals surface area (Å²) in [7, 11) is 0. The topological polar surface area (TPSA) is 29.1 Å². The molecule has 0 aliphatic carbocycles. The minimum Gasteiger partial charge on any atom is -0.356 e. The first-order valence-electron chi connectivity index (χ1n) is 5.88. The van der Waals surface area contributed by atoms with E-state index in [0.29, 0.717) is 13.0 Å². The van der Waals surface area contributed by atoms with Gasteiger partial charge in [0.25, 0.3) is 0 Å². The zero-order valence-corrected chi connectivity index (χ0v) is 11.5. The van der Waals surface area contributed by atoms with Gasteiger partial charge in [0.2, 0.25) is 5.91 Å². The highest BCUT2D eigenvalue weighted by atomic mass is 35.5. The van der Waals surface area contributed by atoms with Gasteiger partial charge >= 0.3 is 0 Å². The molecule has 0 fully saturated rings. The van der Waals surface area contributed by atoms with Crippen LogP contribution >= 0.6 is 11.6 Å². The summed E-state index contributed by atoms with van der Waals surface area (Å²) in [6, 6.07) is 7.72. The van der Waals surface area contributed by atoms with Crippen LogP contribution in [0.2, 0.25) is 5.02 Å². The largest absolute Gasteiger partial charge is 0.356 e. The van der Waals surface area contributed by atoms with Crippen LogP contribution in [0, 0.1) is 5.41 Å². The highest BCUT2D eigenvalue weighted by Gasteiger charge is 2.15. The molecule has 0 radical (unpaired) electrons. The molecule has 1 aromatic rings. The number of halogens is 1. The Morgan fingerprint density at radius 3 is 2.65 bits per heavy atom. The van der Waals surface area contributed by atoms with Crippen LogP contribution in [-0.2, 0) is 11.2 Å². The van der Waals surface area contributed by atoms with Gasteiger partial charge in [-0.2, -0.15) is 0 Å². The van der Waals surface area contributed by atoms with Crippen molar-refractivity contribution < 1.29 is 4.79 Å². The predicted octanol–water partition coefficient (Wildman–Crippen LogP) is 3.43. The van der Waals surface area contributed by atoms with Crippen LogP contribution < -0.4 is 5.32 Å². The van der Waals surface area contributed by atoms with Gasteiger partial charge in [-0.3, -0.25) is 4.79 Å². The Balaban J connectivity index is 2.31. The van der Waals surface area contributed by atoms with E-state index in [1.54, 1.807) is 0 Å². The van der Waals surface area contributed by atoms with E-state index in [2.05, 4.69) is 26.1 Å². The molecule has 3 heteroatoms. The minimum absolute atomic E-state index is 0.0418. The summed E-state index contributed by atoms with van der Waals surface area (Å²) >= 11 is 5.89. The number of carbonyl (C=O) groups excluding carboxylic acids is 1. The van der Waals surface area contributed by atoms with E-state index in [0.717, 1.165) is 17.0 Å². The Hall–Kier alpha value is -1.02. The molecule has 1 aromatic carbocycles. The van der Waals surface area contributed by atoms with Gasteiger partial charge in [0, 0.05) is 18.0 Å². The number of hydrogen-bond acceptors (Lipinski definition) is 1. The summed E-state index contributed by atoms with van der Waals surface area (Å²) in [6.45, 7) is 6.84. The van der Waals surface area contributed by atoms with Gasteiger partial charge in [-0.15, -0.1) is 0 Å². The van der Waals surface area contributed by atoms with E-state index >= 15 is 0 Å². The summed E-state index contributed by atoms with van der Waals surface area (Å²) in [4.78, 5) is 11.6. The third-order valence-corrected chi connectivity index (χ3v) is 2.55. The van der Waals surface area contributed by atoms with Crippen molar-refractivity contribution in [1.29, 1.82) is 0 Å². The van der Waals surface area contributed by atoms with Crippen LogP contribution in [0.3, 0.4) is 0 Å². The van der Waals surface area contributed by atoms with Crippen molar-refractivity contribution in [3.05, 3.63) is 34.9 Å². The third-order valence-electron chi connectivity index (χ3n) is 2.32. The van der Waals surface area contributed by atoms with Gasteiger partial charge in [-0.1, -0.05) is 44.5 Å². The maximum absolute atomic E-state index is 11.6. The van der Waals surface area contributed by atoms with Gasteiger partial charge in [0.15, 0.2) is 0 Å². The molecule has 0 bridgehead atoms. The number of carbonyl (C=O) groups is 1. The molecule has 1 amide bonds. The minimum atomic E-state index is 0.0418. The van der Waals surface area contributed by atoms with Gasteiger partial charge in [0.1, 0.15) is 0 Å². The highest BCUT2D eigenvalue weighted by Crippen LogP contribution is 2.17. The monoisotopic (exact) mass is 253 g/mol. The van der Waals surface area contributed by atoms with Gasteiger partial charge in [-0.05, 0) is 29.5 Å². The molecule has 0 heterocycles. The normalized spacial score (nSPS) is 11.3. The molecule has 94 valence electrons. The Bertz CT molecular complexity index is 382. The molecule has 0 aliphatic rings. The van der Waals surface area contributed by atoms with E-state index in [4.69, 9.17) is 11.6 Å². The molecule has 0 unspecified atom stereocenters. The summed E-state index contributed by atoms with van der Waals surface area (Å²) in [5.41, 5.74) is 1.19. The van der Waals surface area contributed by atoms with Crippen molar-refractivity contribution in [1.82, 2.24) is 5.32 Å². The second kappa shape index (κ2) is 6.06. The molecule has 1 rings (SSSR count). The number of rotatable bonds is 4. The third kappa shape index (κ3) is 6.32. The smallest absolute Gasteiger partial charge is 0.220 e. The van der Waals surface area contributed by atoms with Crippen LogP contribution in [0.4, 0.5) is 0 Å². The van der Waals surface area contributed by atoms with Gasteiger partial charge in [-0.25, -0.2) is 0 Å². The summed E-state index contributed by atoms with van der Waals surface area (Å²) < 4.78 is 0. The first-order valence-corrected chi connectivity index (χ1v) is 6.26. The quantitative estimate of drug-likeness (QED) is 0.875. The fraction of sp³-hybridized carbons (Fsp3) is 0.500. The lowest BCUT2D eigenvalue weighted by Gasteiger charge is -2.17. The molecule has 0 aliphatic heterocycles. The highest BCUT2D eigenvalue weighted by molar-refractivity contribution is 6.30. The lowest BCUT2D eigenvalue weighted by Crippen LogP contribution is -2.29. The molecule has 0 saturated carbocycles. The fourth-order valence-electron chi connectivity index (χ4n) is 1.58. The van der Waals surface area contributed by atoms with Crippen LogP contribution in [0.25, 0.3) is 0 Å². The van der Waals surface area contributed by atoms with E-state index < -0.39 is 0 Å². The van der Waals surface area contributed by atoms with Crippen molar-refractivity contribution in [2.45, 2.75) is 33.6 Å². The zero-order valence-electron chi connectivity index (χ0n) is 10.7. The van der Waals surface area contributed by atoms with E-state index in [1.807, 2.05) is 24.3 Å². The Morgan fingerprint density at radius 1 is 1.35 bits per heavy atom. The van der Waals surface area contributed by atoms with Gasteiger partial charge in [0.05, 0.1) is 0 Å². The fourth-order valence-corrected chi connectivity index (χ4v) is 1.80. The second-order valence-electron chi connectivity index (χ2n) is 5.47. The van der Waals surface area contributed by atoms with Crippen molar-refractivity contribution >= 4 is 17.5 Å². The van der Waals surface area contributed by atoms with Crippen molar-refractivity contribution in [2.24, 2.45) is 5.41 Å². The molecule has 17 heavy (non-hydrogen) atoms. The molecule has 1 N–H and O–H groups in total. The first kappa shape index (κ1) is 14.0. The Kier molecular flexibility index (Phi) is 5.01. The van der Waals surface area contributed by atoms with E-state index in [-0.39, 0.29) is 11.3 Å². The predicted molar refractivity (Wildman–Crippen MR) is 72.2 cm³/mol. The molecule has 2 nitrogen and oxygen atoms in total. The first-order chi connectivity index (χ1) is 7.87. The standard InChI is InChI=1S/C14H20ClNO/c1-14(2,3)10-13(17)16-8-7-11-5-4-6-12(15)9-11/h4-6,9H,7-8,10H2,1-3H3,(H,16,17). The average molecular weight is 254 g/mol. The summed E-state index contributed by atoms with van der Waals surface area (Å²) in [6.07, 6.45) is 1.37. The van der Waals surface area contributed by atoms with E-state index in [9.17, 15) is 4.79 Å². The maximum Gasteiger partial charge on any atom is 0.220 e. The number of hydrogen-bond donors (Lipinski definition) is 1.